The van der Waals surface area contributed by atoms with Gasteiger partial charge in [0.15, 0.2) is 0 Å². The van der Waals surface area contributed by atoms with Crippen LogP contribution < -0.4 is 10.9 Å². The topological polar surface area (TPSA) is 85.3 Å². The number of nitrogens with one attached hydrogen (secondary N) is 1. The summed E-state index contributed by atoms with van der Waals surface area (Å²) in [5, 5.41) is 4.59. The lowest BCUT2D eigenvalue weighted by Gasteiger charge is -2.08. The van der Waals surface area contributed by atoms with Crippen LogP contribution in [0.1, 0.15) is 28.9 Å². The van der Waals surface area contributed by atoms with Crippen molar-refractivity contribution in [2.75, 3.05) is 5.32 Å². The molecule has 142 valence electrons. The first kappa shape index (κ1) is 18.0. The van der Waals surface area contributed by atoms with Crippen LogP contribution in [0.15, 0.2) is 50.2 Å². The first-order chi connectivity index (χ1) is 13.4. The number of benzene rings is 1. The molecule has 0 fully saturated rings. The van der Waals surface area contributed by atoms with Gasteiger partial charge in [-0.25, -0.2) is 9.78 Å². The molecule has 3 heterocycles. The largest absolute Gasteiger partial charge is 0.461 e. The van der Waals surface area contributed by atoms with Gasteiger partial charge < -0.3 is 14.2 Å². The molecule has 0 aliphatic heterocycles. The number of hydrogen-bond acceptors (Lipinski definition) is 5. The Hall–Kier alpha value is -3.41. The molecule has 6 heteroatoms. The van der Waals surface area contributed by atoms with Gasteiger partial charge in [0.05, 0.1) is 0 Å². The van der Waals surface area contributed by atoms with Crippen LogP contribution in [0, 0.1) is 20.8 Å². The molecule has 0 saturated carbocycles. The number of rotatable bonds is 4. The Labute approximate surface area is 161 Å². The monoisotopic (exact) mass is 376 g/mol. The zero-order valence-corrected chi connectivity index (χ0v) is 16.0. The van der Waals surface area contributed by atoms with Crippen molar-refractivity contribution in [3.05, 3.63) is 69.4 Å². The summed E-state index contributed by atoms with van der Waals surface area (Å²) >= 11 is 0. The maximum Gasteiger partial charge on any atom is 0.339 e. The van der Waals surface area contributed by atoms with Gasteiger partial charge in [0.25, 0.3) is 0 Å². The lowest BCUT2D eigenvalue weighted by molar-refractivity contribution is -0.116. The normalized spacial score (nSPS) is 11.2. The van der Waals surface area contributed by atoms with E-state index in [1.54, 1.807) is 30.5 Å². The number of pyridine rings is 1. The number of carbonyl (C=O) groups is 1. The van der Waals surface area contributed by atoms with Crippen molar-refractivity contribution < 1.29 is 13.6 Å². The number of fused-ring (bicyclic) bond motifs is 2. The Morgan fingerprint density at radius 2 is 1.79 bits per heavy atom. The van der Waals surface area contributed by atoms with Crippen molar-refractivity contribution in [1.82, 2.24) is 4.98 Å². The molecule has 0 saturated heterocycles. The minimum Gasteiger partial charge on any atom is -0.461 e. The van der Waals surface area contributed by atoms with E-state index in [0.29, 0.717) is 29.0 Å². The molecule has 1 N–H and O–H groups in total. The van der Waals surface area contributed by atoms with Gasteiger partial charge in [-0.2, -0.15) is 0 Å². The molecule has 0 radical (unpaired) electrons. The summed E-state index contributed by atoms with van der Waals surface area (Å²) in [6.45, 7) is 5.80. The molecule has 1 amide bonds. The van der Waals surface area contributed by atoms with Crippen molar-refractivity contribution in [3.8, 4) is 0 Å². The number of aromatic nitrogens is 1. The second-order valence-electron chi connectivity index (χ2n) is 6.88. The molecule has 0 aliphatic rings. The van der Waals surface area contributed by atoms with E-state index in [9.17, 15) is 9.59 Å². The maximum atomic E-state index is 12.5. The second-order valence-corrected chi connectivity index (χ2v) is 6.88. The maximum absolute atomic E-state index is 12.5. The van der Waals surface area contributed by atoms with E-state index < -0.39 is 5.63 Å². The van der Waals surface area contributed by atoms with Crippen LogP contribution in [0.2, 0.25) is 0 Å². The van der Waals surface area contributed by atoms with Crippen molar-refractivity contribution in [2.45, 2.75) is 33.6 Å². The van der Waals surface area contributed by atoms with Crippen molar-refractivity contribution in [2.24, 2.45) is 0 Å². The van der Waals surface area contributed by atoms with Gasteiger partial charge in [0, 0.05) is 35.0 Å². The van der Waals surface area contributed by atoms with Gasteiger partial charge in [-0.3, -0.25) is 4.79 Å². The zero-order chi connectivity index (χ0) is 19.8. The third-order valence-electron chi connectivity index (χ3n) is 5.12. The first-order valence-electron chi connectivity index (χ1n) is 9.11. The van der Waals surface area contributed by atoms with Crippen LogP contribution in [0.5, 0.6) is 0 Å². The SMILES string of the molecule is Cc1oc2cc3oc(=O)c(CCC(=O)Nc4ccccn4)c(C)c3cc2c1C. The van der Waals surface area contributed by atoms with Crippen LogP contribution in [0.25, 0.3) is 21.9 Å². The number of anilines is 1. The average Bonchev–Trinajstić information content (AvgIpc) is 2.94. The highest BCUT2D eigenvalue weighted by Crippen LogP contribution is 2.31. The van der Waals surface area contributed by atoms with Crippen LogP contribution in [-0.2, 0) is 11.2 Å². The van der Waals surface area contributed by atoms with E-state index in [1.807, 2.05) is 26.8 Å². The van der Waals surface area contributed by atoms with Crippen molar-refractivity contribution in [3.63, 3.8) is 0 Å². The standard InChI is InChI=1S/C22H20N2O4/c1-12-14(3)27-18-11-19-17(10-16(12)18)13(2)15(22(26)28-19)7-8-21(25)24-20-6-4-5-9-23-20/h4-6,9-11H,7-8H2,1-3H3,(H,23,24,25). The zero-order valence-electron chi connectivity index (χ0n) is 16.0. The van der Waals surface area contributed by atoms with Crippen LogP contribution in [0.4, 0.5) is 5.82 Å². The van der Waals surface area contributed by atoms with Gasteiger partial charge in [0.1, 0.15) is 22.7 Å². The fourth-order valence-corrected chi connectivity index (χ4v) is 3.39. The number of furan rings is 1. The second kappa shape index (κ2) is 6.96. The van der Waals surface area contributed by atoms with E-state index in [2.05, 4.69) is 10.3 Å². The first-order valence-corrected chi connectivity index (χ1v) is 9.11. The van der Waals surface area contributed by atoms with Crippen LogP contribution in [0.3, 0.4) is 0 Å². The molecule has 0 unspecified atom stereocenters. The molecule has 0 bridgehead atoms. The summed E-state index contributed by atoms with van der Waals surface area (Å²) in [6, 6.07) is 9.04. The number of amides is 1. The molecule has 4 aromatic rings. The predicted molar refractivity (Wildman–Crippen MR) is 108 cm³/mol. The molecule has 0 spiro atoms. The summed E-state index contributed by atoms with van der Waals surface area (Å²) in [6.07, 6.45) is 2.07. The molecular weight excluding hydrogens is 356 g/mol. The number of nitrogens with zero attached hydrogens (tertiary/aromatic N) is 1. The van der Waals surface area contributed by atoms with Gasteiger partial charge in [-0.15, -0.1) is 0 Å². The minimum absolute atomic E-state index is 0.166. The van der Waals surface area contributed by atoms with E-state index in [-0.39, 0.29) is 12.3 Å². The quantitative estimate of drug-likeness (QED) is 0.533. The summed E-state index contributed by atoms with van der Waals surface area (Å²) in [5.74, 6) is 1.13. The van der Waals surface area contributed by atoms with Gasteiger partial charge in [-0.1, -0.05) is 6.07 Å². The number of hydrogen-bond donors (Lipinski definition) is 1. The lowest BCUT2D eigenvalue weighted by atomic mass is 10.0. The minimum atomic E-state index is -0.421. The molecule has 4 rings (SSSR count). The van der Waals surface area contributed by atoms with Crippen molar-refractivity contribution in [1.29, 1.82) is 0 Å². The third-order valence-corrected chi connectivity index (χ3v) is 5.12. The summed E-state index contributed by atoms with van der Waals surface area (Å²) in [5.41, 5.74) is 3.18. The van der Waals surface area contributed by atoms with Crippen LogP contribution >= 0.6 is 0 Å². The molecule has 1 aromatic carbocycles. The Bertz CT molecular complexity index is 1250. The molecule has 3 aromatic heterocycles. The molecular formula is C22H20N2O4. The van der Waals surface area contributed by atoms with E-state index in [0.717, 1.165) is 27.7 Å². The molecule has 28 heavy (non-hydrogen) atoms. The highest BCUT2D eigenvalue weighted by atomic mass is 16.4. The van der Waals surface area contributed by atoms with Crippen LogP contribution in [-0.4, -0.2) is 10.9 Å². The fourth-order valence-electron chi connectivity index (χ4n) is 3.39. The van der Waals surface area contributed by atoms with E-state index >= 15 is 0 Å². The van der Waals surface area contributed by atoms with Gasteiger partial charge in [0.2, 0.25) is 5.91 Å². The molecule has 6 nitrogen and oxygen atoms in total. The number of aryl methyl sites for hydroxylation is 3. The predicted octanol–water partition coefficient (Wildman–Crippen LogP) is 4.43. The molecule has 0 atom stereocenters. The van der Waals surface area contributed by atoms with E-state index in [4.69, 9.17) is 8.83 Å². The van der Waals surface area contributed by atoms with Gasteiger partial charge in [-0.05, 0) is 56.5 Å². The Morgan fingerprint density at radius 1 is 1.04 bits per heavy atom. The average molecular weight is 376 g/mol. The highest BCUT2D eigenvalue weighted by Gasteiger charge is 2.16. The Morgan fingerprint density at radius 3 is 2.54 bits per heavy atom. The third kappa shape index (κ3) is 3.17. The molecule has 0 aliphatic carbocycles. The number of carbonyl (C=O) groups excluding carboxylic acids is 1. The van der Waals surface area contributed by atoms with E-state index in [1.165, 1.54) is 0 Å². The lowest BCUT2D eigenvalue weighted by Crippen LogP contribution is -2.17. The van der Waals surface area contributed by atoms with Gasteiger partial charge >= 0.3 is 5.63 Å². The van der Waals surface area contributed by atoms with Crippen molar-refractivity contribution >= 4 is 33.7 Å². The Kier molecular flexibility index (Phi) is 4.47. The summed E-state index contributed by atoms with van der Waals surface area (Å²) in [7, 11) is 0. The smallest absolute Gasteiger partial charge is 0.339 e. The fraction of sp³-hybridized carbons (Fsp3) is 0.227. The highest BCUT2D eigenvalue weighted by molar-refractivity contribution is 5.97. The summed E-state index contributed by atoms with van der Waals surface area (Å²) < 4.78 is 11.3. The Balaban J connectivity index is 1.65. The summed E-state index contributed by atoms with van der Waals surface area (Å²) in [4.78, 5) is 28.8.